The lowest BCUT2D eigenvalue weighted by molar-refractivity contribution is 0.0953. The number of rotatable bonds is 4. The molecule has 0 fully saturated rings. The van der Waals surface area contributed by atoms with Crippen molar-refractivity contribution in [3.63, 3.8) is 0 Å². The van der Waals surface area contributed by atoms with Crippen molar-refractivity contribution in [1.82, 2.24) is 15.6 Å². The Morgan fingerprint density at radius 1 is 1.33 bits per heavy atom. The van der Waals surface area contributed by atoms with Gasteiger partial charge in [-0.25, -0.2) is 4.63 Å². The lowest BCUT2D eigenvalue weighted by Crippen LogP contribution is -2.22. The minimum absolute atomic E-state index is 0.0457. The Bertz CT molecular complexity index is 588. The first-order valence-electron chi connectivity index (χ1n) is 5.25. The van der Waals surface area contributed by atoms with Crippen molar-refractivity contribution in [2.45, 2.75) is 20.4 Å². The average molecular weight is 265 g/mol. The fraction of sp³-hybridized carbons (Fsp3) is 0.273. The highest BCUT2D eigenvalue weighted by Gasteiger charge is 2.12. The number of carbonyl (C=O) groups is 2. The van der Waals surface area contributed by atoms with E-state index in [9.17, 15) is 9.59 Å². The molecule has 7 heteroatoms. The van der Waals surface area contributed by atoms with Crippen LogP contribution in [-0.4, -0.2) is 22.0 Å². The van der Waals surface area contributed by atoms with Gasteiger partial charge in [-0.3, -0.25) is 9.59 Å². The average Bonchev–Trinajstić information content (AvgIpc) is 2.94. The Morgan fingerprint density at radius 3 is 2.61 bits per heavy atom. The zero-order chi connectivity index (χ0) is 13.1. The van der Waals surface area contributed by atoms with Crippen molar-refractivity contribution in [3.05, 3.63) is 33.3 Å². The number of amides is 1. The fourth-order valence-electron chi connectivity index (χ4n) is 1.31. The van der Waals surface area contributed by atoms with Crippen LogP contribution in [-0.2, 0) is 6.54 Å². The van der Waals surface area contributed by atoms with Gasteiger partial charge in [-0.05, 0) is 26.0 Å². The zero-order valence-electron chi connectivity index (χ0n) is 9.89. The van der Waals surface area contributed by atoms with E-state index in [4.69, 9.17) is 0 Å². The second-order valence-electron chi connectivity index (χ2n) is 3.70. The highest BCUT2D eigenvalue weighted by molar-refractivity contribution is 7.15. The summed E-state index contributed by atoms with van der Waals surface area (Å²) in [6.07, 6.45) is 0. The molecule has 0 aliphatic carbocycles. The van der Waals surface area contributed by atoms with Crippen molar-refractivity contribution in [3.8, 4) is 0 Å². The number of carbonyl (C=O) groups excluding carboxylic acids is 2. The number of Topliss-reactive ketones (excluding diaryl/α,β-unsaturated/α-hetero) is 1. The number of nitrogens with one attached hydrogen (secondary N) is 1. The summed E-state index contributed by atoms with van der Waals surface area (Å²) in [4.78, 5) is 24.0. The molecular formula is C11H11N3O3S. The Balaban J connectivity index is 1.99. The SMILES string of the molecule is CC(=O)c1ccc(C(=O)NCc2nonc2C)s1. The number of nitrogens with zero attached hydrogens (tertiary/aromatic N) is 2. The normalized spacial score (nSPS) is 10.3. The van der Waals surface area contributed by atoms with E-state index in [0.29, 0.717) is 21.1 Å². The van der Waals surface area contributed by atoms with Gasteiger partial charge in [0.25, 0.3) is 5.91 Å². The van der Waals surface area contributed by atoms with Crippen LogP contribution in [0.4, 0.5) is 0 Å². The number of aryl methyl sites for hydroxylation is 1. The molecule has 0 unspecified atom stereocenters. The second-order valence-corrected chi connectivity index (χ2v) is 4.78. The number of hydrogen-bond donors (Lipinski definition) is 1. The van der Waals surface area contributed by atoms with Crippen molar-refractivity contribution in [1.29, 1.82) is 0 Å². The predicted molar refractivity (Wildman–Crippen MR) is 64.5 cm³/mol. The second kappa shape index (κ2) is 5.09. The molecule has 2 rings (SSSR count). The molecule has 0 aromatic carbocycles. The molecule has 0 aliphatic rings. The van der Waals surface area contributed by atoms with Crippen molar-refractivity contribution >= 4 is 23.0 Å². The summed E-state index contributed by atoms with van der Waals surface area (Å²) >= 11 is 1.17. The van der Waals surface area contributed by atoms with Gasteiger partial charge in [0.1, 0.15) is 11.4 Å². The molecule has 2 aromatic rings. The Kier molecular flexibility index (Phi) is 3.52. The van der Waals surface area contributed by atoms with Gasteiger partial charge in [-0.15, -0.1) is 11.3 Å². The third-order valence-electron chi connectivity index (χ3n) is 2.34. The van der Waals surface area contributed by atoms with E-state index in [1.165, 1.54) is 18.3 Å². The molecule has 94 valence electrons. The van der Waals surface area contributed by atoms with Crippen LogP contribution in [0.3, 0.4) is 0 Å². The molecule has 0 saturated carbocycles. The van der Waals surface area contributed by atoms with Crippen LogP contribution in [0.1, 0.15) is 37.7 Å². The Labute approximate surface area is 107 Å². The maximum Gasteiger partial charge on any atom is 0.261 e. The number of ketones is 1. The van der Waals surface area contributed by atoms with E-state index in [2.05, 4.69) is 20.3 Å². The van der Waals surface area contributed by atoms with Crippen LogP contribution in [0.2, 0.25) is 0 Å². The lowest BCUT2D eigenvalue weighted by atomic mass is 10.3. The minimum atomic E-state index is -0.241. The van der Waals surface area contributed by atoms with Gasteiger partial charge in [-0.1, -0.05) is 10.3 Å². The van der Waals surface area contributed by atoms with E-state index in [1.54, 1.807) is 19.1 Å². The first-order valence-corrected chi connectivity index (χ1v) is 6.06. The fourth-order valence-corrected chi connectivity index (χ4v) is 2.13. The summed E-state index contributed by atoms with van der Waals surface area (Å²) in [6, 6.07) is 3.27. The number of aromatic nitrogens is 2. The van der Waals surface area contributed by atoms with E-state index in [0.717, 1.165) is 0 Å². The molecular weight excluding hydrogens is 254 g/mol. The van der Waals surface area contributed by atoms with Crippen LogP contribution in [0.25, 0.3) is 0 Å². The van der Waals surface area contributed by atoms with Gasteiger partial charge in [0, 0.05) is 0 Å². The lowest BCUT2D eigenvalue weighted by Gasteiger charge is -2.00. The van der Waals surface area contributed by atoms with Gasteiger partial charge in [0.2, 0.25) is 0 Å². The van der Waals surface area contributed by atoms with Gasteiger partial charge in [-0.2, -0.15) is 0 Å². The predicted octanol–water partition coefficient (Wildman–Crippen LogP) is 1.57. The molecule has 1 amide bonds. The number of hydrogen-bond acceptors (Lipinski definition) is 6. The first-order chi connectivity index (χ1) is 8.58. The maximum absolute atomic E-state index is 11.8. The first kappa shape index (κ1) is 12.4. The largest absolute Gasteiger partial charge is 0.345 e. The van der Waals surface area contributed by atoms with Gasteiger partial charge in [0.15, 0.2) is 5.78 Å². The highest BCUT2D eigenvalue weighted by atomic mass is 32.1. The summed E-state index contributed by atoms with van der Waals surface area (Å²) < 4.78 is 4.53. The van der Waals surface area contributed by atoms with Gasteiger partial charge < -0.3 is 5.32 Å². The van der Waals surface area contributed by atoms with E-state index < -0.39 is 0 Å². The molecule has 0 aliphatic heterocycles. The van der Waals surface area contributed by atoms with E-state index in [1.807, 2.05) is 0 Å². The third kappa shape index (κ3) is 2.62. The minimum Gasteiger partial charge on any atom is -0.345 e. The molecule has 2 heterocycles. The van der Waals surface area contributed by atoms with Gasteiger partial charge >= 0.3 is 0 Å². The molecule has 0 spiro atoms. The molecule has 2 aromatic heterocycles. The third-order valence-corrected chi connectivity index (χ3v) is 3.52. The summed E-state index contributed by atoms with van der Waals surface area (Å²) in [5.41, 5.74) is 1.23. The maximum atomic E-state index is 11.8. The molecule has 6 nitrogen and oxygen atoms in total. The van der Waals surface area contributed by atoms with E-state index in [-0.39, 0.29) is 18.2 Å². The van der Waals surface area contributed by atoms with Crippen molar-refractivity contribution in [2.75, 3.05) is 0 Å². The summed E-state index contributed by atoms with van der Waals surface area (Å²) in [6.45, 7) is 3.47. The molecule has 0 atom stereocenters. The quantitative estimate of drug-likeness (QED) is 0.848. The van der Waals surface area contributed by atoms with Crippen LogP contribution >= 0.6 is 11.3 Å². The van der Waals surface area contributed by atoms with Crippen LogP contribution < -0.4 is 5.32 Å². The summed E-state index contributed by atoms with van der Waals surface area (Å²) in [5.74, 6) is -0.287. The Morgan fingerprint density at radius 2 is 2.06 bits per heavy atom. The number of thiophene rings is 1. The van der Waals surface area contributed by atoms with Crippen molar-refractivity contribution < 1.29 is 14.2 Å². The molecule has 0 radical (unpaired) electrons. The summed E-state index contributed by atoms with van der Waals surface area (Å²) in [7, 11) is 0. The van der Waals surface area contributed by atoms with Crippen LogP contribution in [0.5, 0.6) is 0 Å². The van der Waals surface area contributed by atoms with Gasteiger partial charge in [0.05, 0.1) is 16.3 Å². The molecule has 0 bridgehead atoms. The topological polar surface area (TPSA) is 85.1 Å². The van der Waals surface area contributed by atoms with Crippen molar-refractivity contribution in [2.24, 2.45) is 0 Å². The molecule has 0 saturated heterocycles. The monoisotopic (exact) mass is 265 g/mol. The van der Waals surface area contributed by atoms with Crippen LogP contribution in [0.15, 0.2) is 16.8 Å². The molecule has 1 N–H and O–H groups in total. The smallest absolute Gasteiger partial charge is 0.261 e. The summed E-state index contributed by atoms with van der Waals surface area (Å²) in [5, 5.41) is 9.97. The van der Waals surface area contributed by atoms with Crippen LogP contribution in [0, 0.1) is 6.92 Å². The Hall–Kier alpha value is -2.02. The highest BCUT2D eigenvalue weighted by Crippen LogP contribution is 2.16. The van der Waals surface area contributed by atoms with E-state index >= 15 is 0 Å². The molecule has 18 heavy (non-hydrogen) atoms. The standard InChI is InChI=1S/C11H11N3O3S/c1-6-8(14-17-13-6)5-12-11(16)10-4-3-9(18-10)7(2)15/h3-4H,5H2,1-2H3,(H,12,16). The zero-order valence-corrected chi connectivity index (χ0v) is 10.7.